The third-order valence-electron chi connectivity index (χ3n) is 2.10. The predicted octanol–water partition coefficient (Wildman–Crippen LogP) is 0.981. The first-order valence-electron chi connectivity index (χ1n) is 5.16. The Morgan fingerprint density at radius 2 is 2.12 bits per heavy atom. The van der Waals surface area contributed by atoms with Crippen LogP contribution in [0.25, 0.3) is 0 Å². The second-order valence-corrected chi connectivity index (χ2v) is 5.82. The lowest BCUT2D eigenvalue weighted by Crippen LogP contribution is -2.27. The molecule has 0 aliphatic carbocycles. The highest BCUT2D eigenvalue weighted by atomic mass is 32.2. The highest BCUT2D eigenvalue weighted by molar-refractivity contribution is 7.89. The van der Waals surface area contributed by atoms with Gasteiger partial charge in [-0.3, -0.25) is 0 Å². The van der Waals surface area contributed by atoms with E-state index >= 15 is 0 Å². The minimum absolute atomic E-state index is 0.175. The van der Waals surface area contributed by atoms with E-state index in [2.05, 4.69) is 4.72 Å². The van der Waals surface area contributed by atoms with E-state index in [0.717, 1.165) is 0 Å². The molecule has 6 heteroatoms. The molecule has 3 N–H and O–H groups in total. The summed E-state index contributed by atoms with van der Waals surface area (Å²) in [5, 5.41) is 0. The lowest BCUT2D eigenvalue weighted by atomic mass is 10.2. The minimum Gasteiger partial charge on any atom is -0.464 e. The van der Waals surface area contributed by atoms with Crippen LogP contribution in [0.3, 0.4) is 0 Å². The largest absolute Gasteiger partial charge is 0.464 e. The summed E-state index contributed by atoms with van der Waals surface area (Å²) in [4.78, 5) is 0.175. The SMILES string of the molecule is Cc1oc(CN)cc1S(=O)(=O)NCC(C)C. The van der Waals surface area contributed by atoms with Crippen molar-refractivity contribution in [2.24, 2.45) is 11.7 Å². The average molecular weight is 246 g/mol. The predicted molar refractivity (Wildman–Crippen MR) is 61.4 cm³/mol. The number of furan rings is 1. The van der Waals surface area contributed by atoms with Gasteiger partial charge in [0.25, 0.3) is 0 Å². The Hall–Kier alpha value is -0.850. The summed E-state index contributed by atoms with van der Waals surface area (Å²) in [5.41, 5.74) is 5.39. The van der Waals surface area contributed by atoms with Crippen molar-refractivity contribution in [3.63, 3.8) is 0 Å². The van der Waals surface area contributed by atoms with E-state index in [9.17, 15) is 8.42 Å². The number of aryl methyl sites for hydroxylation is 1. The first-order valence-corrected chi connectivity index (χ1v) is 6.64. The summed E-state index contributed by atoms with van der Waals surface area (Å²) in [6.45, 7) is 6.10. The number of rotatable bonds is 5. The Balaban J connectivity index is 2.93. The summed E-state index contributed by atoms with van der Waals surface area (Å²) in [6.07, 6.45) is 0. The van der Waals surface area contributed by atoms with Gasteiger partial charge in [-0.2, -0.15) is 0 Å². The van der Waals surface area contributed by atoms with Gasteiger partial charge in [0.15, 0.2) is 0 Å². The molecule has 1 aromatic heterocycles. The maximum Gasteiger partial charge on any atom is 0.244 e. The van der Waals surface area contributed by atoms with Gasteiger partial charge in [-0.15, -0.1) is 0 Å². The van der Waals surface area contributed by atoms with Crippen LogP contribution in [0, 0.1) is 12.8 Å². The van der Waals surface area contributed by atoms with E-state index in [1.54, 1.807) is 6.92 Å². The molecule has 0 atom stereocenters. The van der Waals surface area contributed by atoms with E-state index in [4.69, 9.17) is 10.2 Å². The van der Waals surface area contributed by atoms with Crippen molar-refractivity contribution in [3.05, 3.63) is 17.6 Å². The molecule has 0 aromatic carbocycles. The molecule has 1 rings (SSSR count). The van der Waals surface area contributed by atoms with Crippen LogP contribution in [0.1, 0.15) is 25.4 Å². The molecule has 0 saturated carbocycles. The monoisotopic (exact) mass is 246 g/mol. The molecule has 0 unspecified atom stereocenters. The summed E-state index contributed by atoms with van der Waals surface area (Å²) in [7, 11) is -3.47. The summed E-state index contributed by atoms with van der Waals surface area (Å²) in [5.74, 6) is 1.11. The average Bonchev–Trinajstić information content (AvgIpc) is 2.57. The van der Waals surface area contributed by atoms with Crippen LogP contribution >= 0.6 is 0 Å². The molecule has 0 aliphatic heterocycles. The van der Waals surface area contributed by atoms with E-state index in [1.165, 1.54) is 6.07 Å². The van der Waals surface area contributed by atoms with Crippen molar-refractivity contribution in [3.8, 4) is 0 Å². The van der Waals surface area contributed by atoms with Gasteiger partial charge in [-0.25, -0.2) is 13.1 Å². The summed E-state index contributed by atoms with van der Waals surface area (Å²) >= 11 is 0. The topological polar surface area (TPSA) is 85.3 Å². The minimum atomic E-state index is -3.47. The van der Waals surface area contributed by atoms with E-state index in [0.29, 0.717) is 18.1 Å². The molecule has 1 heterocycles. The smallest absolute Gasteiger partial charge is 0.244 e. The first-order chi connectivity index (χ1) is 7.36. The fourth-order valence-corrected chi connectivity index (χ4v) is 2.66. The van der Waals surface area contributed by atoms with Gasteiger partial charge in [-0.1, -0.05) is 13.8 Å². The maximum absolute atomic E-state index is 11.9. The molecule has 0 spiro atoms. The van der Waals surface area contributed by atoms with Crippen LogP contribution in [0.2, 0.25) is 0 Å². The first kappa shape index (κ1) is 13.2. The Bertz CT molecular complexity index is 449. The highest BCUT2D eigenvalue weighted by Gasteiger charge is 2.20. The lowest BCUT2D eigenvalue weighted by Gasteiger charge is -2.07. The zero-order chi connectivity index (χ0) is 12.3. The summed E-state index contributed by atoms with van der Waals surface area (Å²) < 4.78 is 31.5. The van der Waals surface area contributed by atoms with Crippen LogP contribution in [0.5, 0.6) is 0 Å². The van der Waals surface area contributed by atoms with Crippen molar-refractivity contribution in [2.75, 3.05) is 6.54 Å². The molecule has 0 bridgehead atoms. The molecule has 0 amide bonds. The molecule has 5 nitrogen and oxygen atoms in total. The van der Waals surface area contributed by atoms with Gasteiger partial charge < -0.3 is 10.2 Å². The van der Waals surface area contributed by atoms with Crippen molar-refractivity contribution in [2.45, 2.75) is 32.2 Å². The fourth-order valence-electron chi connectivity index (χ4n) is 1.25. The maximum atomic E-state index is 11.9. The van der Waals surface area contributed by atoms with Gasteiger partial charge in [-0.05, 0) is 12.8 Å². The molecular weight excluding hydrogens is 228 g/mol. The van der Waals surface area contributed by atoms with E-state index in [1.807, 2.05) is 13.8 Å². The number of nitrogens with one attached hydrogen (secondary N) is 1. The third-order valence-corrected chi connectivity index (χ3v) is 3.63. The Morgan fingerprint density at radius 1 is 1.50 bits per heavy atom. The number of hydrogen-bond donors (Lipinski definition) is 2. The highest BCUT2D eigenvalue weighted by Crippen LogP contribution is 2.19. The zero-order valence-corrected chi connectivity index (χ0v) is 10.6. The van der Waals surface area contributed by atoms with Crippen molar-refractivity contribution < 1.29 is 12.8 Å². The van der Waals surface area contributed by atoms with Gasteiger partial charge in [0.1, 0.15) is 16.4 Å². The van der Waals surface area contributed by atoms with Gasteiger partial charge in [0.05, 0.1) is 6.54 Å². The Kier molecular flexibility index (Phi) is 4.12. The van der Waals surface area contributed by atoms with E-state index in [-0.39, 0.29) is 17.4 Å². The molecule has 0 radical (unpaired) electrons. The second-order valence-electron chi connectivity index (χ2n) is 4.08. The number of hydrogen-bond acceptors (Lipinski definition) is 4. The van der Waals surface area contributed by atoms with Crippen molar-refractivity contribution in [1.29, 1.82) is 0 Å². The standard InChI is InChI=1S/C10H18N2O3S/c1-7(2)6-12-16(13,14)10-4-9(5-11)15-8(10)3/h4,7,12H,5-6,11H2,1-3H3. The van der Waals surface area contributed by atoms with E-state index < -0.39 is 10.0 Å². The van der Waals surface area contributed by atoms with Crippen molar-refractivity contribution in [1.82, 2.24) is 4.72 Å². The molecule has 1 aromatic rings. The summed E-state index contributed by atoms with van der Waals surface area (Å²) in [6, 6.07) is 1.47. The van der Waals surface area contributed by atoms with Crippen LogP contribution < -0.4 is 10.5 Å². The third kappa shape index (κ3) is 3.07. The molecule has 0 fully saturated rings. The molecule has 92 valence electrons. The fraction of sp³-hybridized carbons (Fsp3) is 0.600. The number of nitrogens with two attached hydrogens (primary N) is 1. The Labute approximate surface area is 96.1 Å². The normalized spacial score (nSPS) is 12.3. The van der Waals surface area contributed by atoms with Crippen LogP contribution in [-0.2, 0) is 16.6 Å². The van der Waals surface area contributed by atoms with Gasteiger partial charge in [0.2, 0.25) is 10.0 Å². The van der Waals surface area contributed by atoms with Crippen LogP contribution in [0.15, 0.2) is 15.4 Å². The van der Waals surface area contributed by atoms with Gasteiger partial charge in [0, 0.05) is 12.6 Å². The molecule has 0 saturated heterocycles. The molecule has 0 aliphatic rings. The molecule has 16 heavy (non-hydrogen) atoms. The van der Waals surface area contributed by atoms with Gasteiger partial charge >= 0.3 is 0 Å². The Morgan fingerprint density at radius 3 is 2.56 bits per heavy atom. The van der Waals surface area contributed by atoms with Crippen LogP contribution in [-0.4, -0.2) is 15.0 Å². The second kappa shape index (κ2) is 4.99. The number of sulfonamides is 1. The molecular formula is C10H18N2O3S. The quantitative estimate of drug-likeness (QED) is 0.811. The zero-order valence-electron chi connectivity index (χ0n) is 9.78. The lowest BCUT2D eigenvalue weighted by molar-refractivity contribution is 0.478. The van der Waals surface area contributed by atoms with Crippen LogP contribution in [0.4, 0.5) is 0 Å². The van der Waals surface area contributed by atoms with Crippen molar-refractivity contribution >= 4 is 10.0 Å².